The van der Waals surface area contributed by atoms with Crippen LogP contribution < -0.4 is 16.0 Å². The molecule has 0 fully saturated rings. The van der Waals surface area contributed by atoms with Crippen LogP contribution in [0, 0.1) is 0 Å². The highest BCUT2D eigenvalue weighted by Gasteiger charge is 2.10. The maximum absolute atomic E-state index is 11.9. The predicted molar refractivity (Wildman–Crippen MR) is 119 cm³/mol. The van der Waals surface area contributed by atoms with Crippen molar-refractivity contribution in [3.8, 4) is 5.75 Å². The molecule has 5 rings (SSSR count). The number of aromatic nitrogens is 4. The van der Waals surface area contributed by atoms with E-state index < -0.39 is 0 Å². The number of nitrogens with zero attached hydrogens (tertiary/aromatic N) is 3. The van der Waals surface area contributed by atoms with Crippen LogP contribution in [0.1, 0.15) is 12.8 Å². The van der Waals surface area contributed by atoms with E-state index in [1.807, 2.05) is 28.8 Å². The summed E-state index contributed by atoms with van der Waals surface area (Å²) in [5, 5.41) is 4.58. The van der Waals surface area contributed by atoms with Gasteiger partial charge in [0.05, 0.1) is 12.9 Å². The molecule has 0 aliphatic heterocycles. The number of aromatic amines is 1. The number of benzene rings is 3. The normalized spacial score (nSPS) is 11.5. The van der Waals surface area contributed by atoms with Crippen molar-refractivity contribution in [3.05, 3.63) is 71.3 Å². The van der Waals surface area contributed by atoms with Gasteiger partial charge in [-0.1, -0.05) is 48.5 Å². The molecule has 0 saturated heterocycles. The Labute approximate surface area is 172 Å². The Morgan fingerprint density at radius 1 is 1.00 bits per heavy atom. The van der Waals surface area contributed by atoms with Crippen molar-refractivity contribution in [2.45, 2.75) is 19.4 Å². The number of anilines is 1. The van der Waals surface area contributed by atoms with Crippen molar-refractivity contribution < 1.29 is 4.74 Å². The van der Waals surface area contributed by atoms with Crippen molar-refractivity contribution >= 4 is 38.7 Å². The second-order valence-corrected chi connectivity index (χ2v) is 7.26. The summed E-state index contributed by atoms with van der Waals surface area (Å²) in [6, 6.07) is 18.8. The average Bonchev–Trinajstić information content (AvgIpc) is 3.16. The molecule has 7 nitrogen and oxygen atoms in total. The summed E-state index contributed by atoms with van der Waals surface area (Å²) in [6.07, 6.45) is 3.35. The summed E-state index contributed by atoms with van der Waals surface area (Å²) >= 11 is 0. The van der Waals surface area contributed by atoms with E-state index in [-0.39, 0.29) is 11.5 Å². The zero-order valence-electron chi connectivity index (χ0n) is 16.3. The Bertz CT molecular complexity index is 1370. The lowest BCUT2D eigenvalue weighted by Crippen LogP contribution is -2.12. The first-order valence-corrected chi connectivity index (χ1v) is 9.94. The lowest BCUT2D eigenvalue weighted by Gasteiger charge is -2.13. The van der Waals surface area contributed by atoms with E-state index in [0.717, 1.165) is 29.4 Å². The Morgan fingerprint density at radius 2 is 1.70 bits per heavy atom. The van der Waals surface area contributed by atoms with Gasteiger partial charge in [-0.25, -0.2) is 4.98 Å². The van der Waals surface area contributed by atoms with E-state index in [0.29, 0.717) is 24.3 Å². The third-order valence-electron chi connectivity index (χ3n) is 5.25. The number of hydrogen-bond donors (Lipinski definition) is 2. The molecule has 0 radical (unpaired) electrons. The Balaban J connectivity index is 1.31. The van der Waals surface area contributed by atoms with Crippen LogP contribution in [0.3, 0.4) is 0 Å². The number of nitrogens with one attached hydrogen (secondary N) is 1. The number of hydrogen-bond acceptors (Lipinski definition) is 5. The van der Waals surface area contributed by atoms with Gasteiger partial charge in [-0.05, 0) is 29.7 Å². The zero-order chi connectivity index (χ0) is 20.5. The molecule has 0 spiro atoms. The molecule has 0 amide bonds. The molecule has 0 bridgehead atoms. The maximum Gasteiger partial charge on any atom is 0.280 e. The summed E-state index contributed by atoms with van der Waals surface area (Å²) in [5.74, 6) is 1.03. The summed E-state index contributed by atoms with van der Waals surface area (Å²) in [7, 11) is 0. The number of rotatable bonds is 6. The monoisotopic (exact) mass is 399 g/mol. The molecular weight excluding hydrogens is 378 g/mol. The van der Waals surface area contributed by atoms with E-state index >= 15 is 0 Å². The minimum absolute atomic E-state index is 0.0976. The number of nitrogens with two attached hydrogens (primary N) is 1. The molecule has 2 aromatic heterocycles. The van der Waals surface area contributed by atoms with Crippen molar-refractivity contribution in [2.24, 2.45) is 0 Å². The molecule has 3 aromatic carbocycles. The number of imidazole rings is 1. The number of nitrogen functional groups attached to an aromatic ring is 1. The van der Waals surface area contributed by atoms with Gasteiger partial charge >= 0.3 is 0 Å². The zero-order valence-corrected chi connectivity index (χ0v) is 16.3. The molecule has 0 saturated carbocycles. The fourth-order valence-electron chi connectivity index (χ4n) is 3.82. The molecule has 5 aromatic rings. The van der Waals surface area contributed by atoms with Gasteiger partial charge in [-0.15, -0.1) is 0 Å². The van der Waals surface area contributed by atoms with Gasteiger partial charge in [0.2, 0.25) is 5.95 Å². The Hall–Kier alpha value is -3.87. The largest absolute Gasteiger partial charge is 0.492 e. The van der Waals surface area contributed by atoms with Crippen LogP contribution in [0.5, 0.6) is 5.75 Å². The Kier molecular flexibility index (Phi) is 4.55. The fraction of sp³-hybridized carbons (Fsp3) is 0.174. The molecule has 0 aliphatic carbocycles. The maximum atomic E-state index is 11.9. The first-order chi connectivity index (χ1) is 14.7. The quantitative estimate of drug-likeness (QED) is 0.334. The third kappa shape index (κ3) is 3.24. The first-order valence-electron chi connectivity index (χ1n) is 9.94. The minimum atomic E-state index is -0.317. The van der Waals surface area contributed by atoms with E-state index in [1.54, 1.807) is 6.33 Å². The van der Waals surface area contributed by atoms with Crippen LogP contribution in [0.25, 0.3) is 32.7 Å². The summed E-state index contributed by atoms with van der Waals surface area (Å²) in [6.45, 7) is 1.28. The SMILES string of the molecule is Nc1nc2c(ncn2CCCCOc2c3ccccc3cc3ccccc23)c(=O)[nH]1. The molecule has 3 N–H and O–H groups in total. The van der Waals surface area contributed by atoms with Crippen molar-refractivity contribution in [1.29, 1.82) is 0 Å². The highest BCUT2D eigenvalue weighted by Crippen LogP contribution is 2.34. The molecule has 30 heavy (non-hydrogen) atoms. The van der Waals surface area contributed by atoms with E-state index in [9.17, 15) is 4.79 Å². The van der Waals surface area contributed by atoms with Crippen LogP contribution in [-0.4, -0.2) is 26.1 Å². The molecule has 0 atom stereocenters. The van der Waals surface area contributed by atoms with E-state index in [4.69, 9.17) is 10.5 Å². The predicted octanol–water partition coefficient (Wildman–Crippen LogP) is 3.87. The van der Waals surface area contributed by atoms with Crippen molar-refractivity contribution in [1.82, 2.24) is 19.5 Å². The standard InChI is InChI=1S/C23H21N5O2/c24-23-26-21-19(22(29)27-23)25-14-28(21)11-5-6-12-30-20-17-9-3-1-7-15(17)13-16-8-2-4-10-18(16)20/h1-4,7-10,13-14H,5-6,11-12H2,(H3,24,26,27,29). The second-order valence-electron chi connectivity index (χ2n) is 7.26. The van der Waals surface area contributed by atoms with Crippen LogP contribution in [-0.2, 0) is 6.54 Å². The lowest BCUT2D eigenvalue weighted by molar-refractivity contribution is 0.310. The molecule has 2 heterocycles. The van der Waals surface area contributed by atoms with Crippen LogP contribution in [0.4, 0.5) is 5.95 Å². The van der Waals surface area contributed by atoms with Crippen LogP contribution in [0.15, 0.2) is 65.7 Å². The van der Waals surface area contributed by atoms with Gasteiger partial charge in [0.15, 0.2) is 11.2 Å². The molecule has 0 unspecified atom stereocenters. The second kappa shape index (κ2) is 7.51. The lowest BCUT2D eigenvalue weighted by atomic mass is 10.0. The van der Waals surface area contributed by atoms with Crippen molar-refractivity contribution in [3.63, 3.8) is 0 Å². The molecule has 7 heteroatoms. The third-order valence-corrected chi connectivity index (χ3v) is 5.25. The summed E-state index contributed by atoms with van der Waals surface area (Å²) in [4.78, 5) is 22.7. The average molecular weight is 399 g/mol. The summed E-state index contributed by atoms with van der Waals surface area (Å²) in [5.41, 5.74) is 6.16. The Morgan fingerprint density at radius 3 is 2.43 bits per heavy atom. The molecule has 0 aliphatic rings. The smallest absolute Gasteiger partial charge is 0.280 e. The van der Waals surface area contributed by atoms with Gasteiger partial charge in [0.25, 0.3) is 5.56 Å². The number of unbranched alkanes of at least 4 members (excludes halogenated alkanes) is 1. The number of fused-ring (bicyclic) bond motifs is 3. The summed E-state index contributed by atoms with van der Waals surface area (Å²) < 4.78 is 8.12. The number of ether oxygens (including phenoxy) is 1. The highest BCUT2D eigenvalue weighted by atomic mass is 16.5. The fourth-order valence-corrected chi connectivity index (χ4v) is 3.82. The van der Waals surface area contributed by atoms with Gasteiger partial charge in [0, 0.05) is 17.3 Å². The topological polar surface area (TPSA) is 98.8 Å². The molecule has 150 valence electrons. The van der Waals surface area contributed by atoms with Gasteiger partial charge in [0.1, 0.15) is 5.75 Å². The van der Waals surface area contributed by atoms with Crippen LogP contribution >= 0.6 is 0 Å². The van der Waals surface area contributed by atoms with Crippen molar-refractivity contribution in [2.75, 3.05) is 12.3 Å². The van der Waals surface area contributed by atoms with Gasteiger partial charge in [-0.3, -0.25) is 9.78 Å². The molecular formula is C23H21N5O2. The van der Waals surface area contributed by atoms with E-state index in [2.05, 4.69) is 45.3 Å². The number of H-pyrrole nitrogens is 1. The first kappa shape index (κ1) is 18.2. The van der Waals surface area contributed by atoms with Gasteiger partial charge in [-0.2, -0.15) is 4.98 Å². The highest BCUT2D eigenvalue weighted by molar-refractivity contribution is 6.05. The number of aryl methyl sites for hydroxylation is 1. The van der Waals surface area contributed by atoms with E-state index in [1.165, 1.54) is 10.8 Å². The van der Waals surface area contributed by atoms with Crippen LogP contribution in [0.2, 0.25) is 0 Å². The minimum Gasteiger partial charge on any atom is -0.492 e. The van der Waals surface area contributed by atoms with Gasteiger partial charge < -0.3 is 15.0 Å².